The van der Waals surface area contributed by atoms with Gasteiger partial charge < -0.3 is 5.32 Å². The summed E-state index contributed by atoms with van der Waals surface area (Å²) < 4.78 is 1.26. The van der Waals surface area contributed by atoms with Gasteiger partial charge in [0, 0.05) is 29.0 Å². The number of hydrogen-bond donors (Lipinski definition) is 1. The Morgan fingerprint density at radius 3 is 3.14 bits per heavy atom. The van der Waals surface area contributed by atoms with Crippen molar-refractivity contribution in [3.63, 3.8) is 0 Å². The molecule has 0 saturated carbocycles. The normalized spacial score (nSPS) is 19.5. The molecule has 14 heavy (non-hydrogen) atoms. The van der Waals surface area contributed by atoms with E-state index >= 15 is 0 Å². The lowest BCUT2D eigenvalue weighted by molar-refractivity contribution is 0.286. The van der Waals surface area contributed by atoms with E-state index in [0.29, 0.717) is 0 Å². The fraction of sp³-hybridized carbons (Fsp3) is 0.600. The first-order valence-electron chi connectivity index (χ1n) is 5.01. The van der Waals surface area contributed by atoms with E-state index in [-0.39, 0.29) is 0 Å². The molecule has 1 fully saturated rings. The number of thiophene rings is 1. The molecule has 2 heterocycles. The zero-order chi connectivity index (χ0) is 9.80. The summed E-state index contributed by atoms with van der Waals surface area (Å²) in [5.74, 6) is 0. The van der Waals surface area contributed by atoms with E-state index < -0.39 is 0 Å². The second-order valence-corrected chi connectivity index (χ2v) is 5.43. The van der Waals surface area contributed by atoms with E-state index in [1.807, 2.05) is 11.3 Å². The van der Waals surface area contributed by atoms with E-state index in [1.54, 1.807) is 0 Å². The van der Waals surface area contributed by atoms with Crippen molar-refractivity contribution < 1.29 is 0 Å². The van der Waals surface area contributed by atoms with Crippen LogP contribution in [-0.2, 0) is 6.54 Å². The second-order valence-electron chi connectivity index (χ2n) is 3.57. The number of hydrogen-bond acceptors (Lipinski definition) is 3. The first kappa shape index (κ1) is 10.6. The lowest BCUT2D eigenvalue weighted by Crippen LogP contribution is -2.27. The van der Waals surface area contributed by atoms with Crippen LogP contribution in [0.5, 0.6) is 0 Å². The van der Waals surface area contributed by atoms with Crippen molar-refractivity contribution in [3.8, 4) is 0 Å². The Hall–Kier alpha value is 0.1000. The van der Waals surface area contributed by atoms with Gasteiger partial charge in [-0.2, -0.15) is 0 Å². The Kier molecular flexibility index (Phi) is 3.99. The topological polar surface area (TPSA) is 15.3 Å². The number of halogens is 1. The van der Waals surface area contributed by atoms with Crippen LogP contribution in [0.15, 0.2) is 15.9 Å². The molecule has 0 radical (unpaired) electrons. The molecule has 0 aromatic carbocycles. The van der Waals surface area contributed by atoms with Gasteiger partial charge in [0.15, 0.2) is 0 Å². The quantitative estimate of drug-likeness (QED) is 0.891. The van der Waals surface area contributed by atoms with Gasteiger partial charge in [-0.15, -0.1) is 11.3 Å². The molecule has 1 saturated heterocycles. The van der Waals surface area contributed by atoms with E-state index in [4.69, 9.17) is 0 Å². The first-order valence-corrected chi connectivity index (χ1v) is 6.68. The molecule has 2 nitrogen and oxygen atoms in total. The van der Waals surface area contributed by atoms with Crippen LogP contribution in [0.1, 0.15) is 11.3 Å². The summed E-state index contributed by atoms with van der Waals surface area (Å²) in [6.07, 6.45) is 1.27. The van der Waals surface area contributed by atoms with Crippen LogP contribution in [0.25, 0.3) is 0 Å². The molecule has 1 aromatic heterocycles. The summed E-state index contributed by atoms with van der Waals surface area (Å²) in [4.78, 5) is 3.98. The molecule has 1 aliphatic rings. The molecule has 4 heteroatoms. The molecule has 1 aliphatic heterocycles. The second kappa shape index (κ2) is 5.26. The van der Waals surface area contributed by atoms with Gasteiger partial charge in [0.05, 0.1) is 0 Å². The van der Waals surface area contributed by atoms with Crippen LogP contribution in [0.4, 0.5) is 0 Å². The van der Waals surface area contributed by atoms with E-state index in [2.05, 4.69) is 37.6 Å². The minimum absolute atomic E-state index is 1.10. The standard InChI is InChI=1S/C10H15BrN2S/c11-9-2-7-14-10(9)8-13-5-1-3-12-4-6-13/h2,7,12H,1,3-6,8H2. The summed E-state index contributed by atoms with van der Waals surface area (Å²) in [7, 11) is 0. The third-order valence-corrected chi connectivity index (χ3v) is 4.40. The molecule has 0 bridgehead atoms. The third-order valence-electron chi connectivity index (χ3n) is 2.49. The van der Waals surface area contributed by atoms with E-state index in [0.717, 1.165) is 13.1 Å². The summed E-state index contributed by atoms with van der Waals surface area (Å²) in [6, 6.07) is 2.13. The highest BCUT2D eigenvalue weighted by Crippen LogP contribution is 2.24. The Bertz CT molecular complexity index is 279. The van der Waals surface area contributed by atoms with Gasteiger partial charge in [0.2, 0.25) is 0 Å². The number of nitrogens with one attached hydrogen (secondary N) is 1. The molecule has 78 valence electrons. The zero-order valence-electron chi connectivity index (χ0n) is 8.13. The average Bonchev–Trinajstić information content (AvgIpc) is 2.44. The van der Waals surface area contributed by atoms with Gasteiger partial charge >= 0.3 is 0 Å². The van der Waals surface area contributed by atoms with Crippen LogP contribution in [-0.4, -0.2) is 31.1 Å². The van der Waals surface area contributed by atoms with Crippen molar-refractivity contribution in [3.05, 3.63) is 20.8 Å². The van der Waals surface area contributed by atoms with Crippen molar-refractivity contribution in [1.82, 2.24) is 10.2 Å². The third kappa shape index (κ3) is 2.79. The molecule has 0 amide bonds. The van der Waals surface area contributed by atoms with Crippen molar-refractivity contribution in [2.24, 2.45) is 0 Å². The SMILES string of the molecule is Brc1ccsc1CN1CCCNCC1. The predicted molar refractivity (Wildman–Crippen MR) is 64.8 cm³/mol. The molecule has 1 aromatic rings. The van der Waals surface area contributed by atoms with Crippen LogP contribution in [0.3, 0.4) is 0 Å². The van der Waals surface area contributed by atoms with Gasteiger partial charge in [-0.3, -0.25) is 4.90 Å². The van der Waals surface area contributed by atoms with Gasteiger partial charge in [0.25, 0.3) is 0 Å². The maximum absolute atomic E-state index is 3.58. The molecular formula is C10H15BrN2S. The highest BCUT2D eigenvalue weighted by atomic mass is 79.9. The van der Waals surface area contributed by atoms with Crippen LogP contribution in [0, 0.1) is 0 Å². The lowest BCUT2D eigenvalue weighted by Gasteiger charge is -2.18. The maximum Gasteiger partial charge on any atom is 0.0339 e. The summed E-state index contributed by atoms with van der Waals surface area (Å²) >= 11 is 5.42. The Balaban J connectivity index is 1.92. The van der Waals surface area contributed by atoms with Gasteiger partial charge in [-0.25, -0.2) is 0 Å². The van der Waals surface area contributed by atoms with E-state index in [1.165, 1.54) is 35.4 Å². The summed E-state index contributed by atoms with van der Waals surface area (Å²) in [5.41, 5.74) is 0. The fourth-order valence-corrected chi connectivity index (χ4v) is 3.22. The Morgan fingerprint density at radius 1 is 1.43 bits per heavy atom. The van der Waals surface area contributed by atoms with Crippen molar-refractivity contribution in [2.75, 3.05) is 26.2 Å². The average molecular weight is 275 g/mol. The van der Waals surface area contributed by atoms with Crippen LogP contribution < -0.4 is 5.32 Å². The minimum atomic E-state index is 1.10. The minimum Gasteiger partial charge on any atom is -0.315 e. The fourth-order valence-electron chi connectivity index (χ4n) is 1.70. The van der Waals surface area contributed by atoms with Crippen LogP contribution >= 0.6 is 27.3 Å². The Morgan fingerprint density at radius 2 is 2.36 bits per heavy atom. The van der Waals surface area contributed by atoms with Gasteiger partial charge in [0.1, 0.15) is 0 Å². The van der Waals surface area contributed by atoms with Crippen molar-refractivity contribution in [1.29, 1.82) is 0 Å². The predicted octanol–water partition coefficient (Wildman–Crippen LogP) is 2.31. The smallest absolute Gasteiger partial charge is 0.0339 e. The van der Waals surface area contributed by atoms with E-state index in [9.17, 15) is 0 Å². The largest absolute Gasteiger partial charge is 0.315 e. The maximum atomic E-state index is 3.58. The molecule has 2 rings (SSSR count). The molecule has 0 spiro atoms. The van der Waals surface area contributed by atoms with Gasteiger partial charge in [-0.1, -0.05) is 0 Å². The summed E-state index contributed by atoms with van der Waals surface area (Å²) in [6.45, 7) is 5.78. The van der Waals surface area contributed by atoms with Crippen LogP contribution in [0.2, 0.25) is 0 Å². The lowest BCUT2D eigenvalue weighted by atomic mass is 10.3. The monoisotopic (exact) mass is 274 g/mol. The van der Waals surface area contributed by atoms with Gasteiger partial charge in [-0.05, 0) is 46.9 Å². The number of rotatable bonds is 2. The molecule has 0 atom stereocenters. The highest BCUT2D eigenvalue weighted by Gasteiger charge is 2.11. The Labute approximate surface area is 97.4 Å². The first-order chi connectivity index (χ1) is 6.86. The number of nitrogens with zero attached hydrogens (tertiary/aromatic N) is 1. The highest BCUT2D eigenvalue weighted by molar-refractivity contribution is 9.10. The van der Waals surface area contributed by atoms with Crippen molar-refractivity contribution in [2.45, 2.75) is 13.0 Å². The molecule has 0 aliphatic carbocycles. The zero-order valence-corrected chi connectivity index (χ0v) is 10.5. The summed E-state index contributed by atoms with van der Waals surface area (Å²) in [5, 5.41) is 5.57. The molecule has 1 N–H and O–H groups in total. The molecule has 0 unspecified atom stereocenters. The van der Waals surface area contributed by atoms with Crippen molar-refractivity contribution >= 4 is 27.3 Å². The molecular weight excluding hydrogens is 260 g/mol.